The minimum Gasteiger partial charge on any atom is -0.457 e. The molecule has 5 atom stereocenters. The van der Waals surface area contributed by atoms with E-state index in [4.69, 9.17) is 14.2 Å². The Balaban J connectivity index is 2.44. The molecule has 0 saturated carbocycles. The number of ketones is 1. The second-order valence-corrected chi connectivity index (χ2v) is 11.5. The van der Waals surface area contributed by atoms with Gasteiger partial charge in [0.1, 0.15) is 11.9 Å². The average Bonchev–Trinajstić information content (AvgIpc) is 3.23. The second-order valence-electron chi connectivity index (χ2n) is 10.4. The van der Waals surface area contributed by atoms with Crippen molar-refractivity contribution in [1.29, 1.82) is 0 Å². The first kappa shape index (κ1) is 30.1. The van der Waals surface area contributed by atoms with Crippen LogP contribution >= 0.6 is 11.3 Å². The zero-order valence-corrected chi connectivity index (χ0v) is 24.1. The summed E-state index contributed by atoms with van der Waals surface area (Å²) in [6.45, 7) is 13.6. The summed E-state index contributed by atoms with van der Waals surface area (Å²) >= 11 is 1.59. The van der Waals surface area contributed by atoms with Gasteiger partial charge in [0.15, 0.2) is 0 Å². The molecule has 2 heterocycles. The summed E-state index contributed by atoms with van der Waals surface area (Å²) in [4.78, 5) is 31.3. The lowest BCUT2D eigenvalue weighted by atomic mass is 9.73. The van der Waals surface area contributed by atoms with Crippen molar-refractivity contribution >= 4 is 29.2 Å². The third-order valence-electron chi connectivity index (χ3n) is 7.13. The van der Waals surface area contributed by atoms with Gasteiger partial charge in [-0.25, -0.2) is 4.98 Å². The zero-order valence-electron chi connectivity index (χ0n) is 23.3. The standard InChI is InChI=1S/C29H43NO5S/c1-18-11-10-12-19(2)27(34-9)21(4)28(32)29(6,7)25(33-8)16-26(31)35-24(14-13-18)20(3)15-23-17-36-22(5)30-23/h10,12-13,15,17,19,21,24-25,27H,11,14,16H2,1-9H3/t19-,21+,24-,25?,27-/m0/s1. The summed E-state index contributed by atoms with van der Waals surface area (Å²) in [5, 5.41) is 2.98. The molecule has 200 valence electrons. The highest BCUT2D eigenvalue weighted by atomic mass is 32.1. The molecular formula is C29H43NO5S. The minimum absolute atomic E-state index is 0.00366. The van der Waals surface area contributed by atoms with Gasteiger partial charge in [0, 0.05) is 37.9 Å². The fourth-order valence-electron chi connectivity index (χ4n) is 4.83. The van der Waals surface area contributed by atoms with Crippen LogP contribution in [0.4, 0.5) is 0 Å². The van der Waals surface area contributed by atoms with Gasteiger partial charge in [0.05, 0.1) is 34.7 Å². The van der Waals surface area contributed by atoms with Gasteiger partial charge in [-0.1, -0.05) is 51.5 Å². The molecule has 0 aromatic carbocycles. The summed E-state index contributed by atoms with van der Waals surface area (Å²) in [6, 6.07) is 0. The van der Waals surface area contributed by atoms with E-state index in [1.165, 1.54) is 12.7 Å². The normalized spacial score (nSPS) is 29.1. The smallest absolute Gasteiger partial charge is 0.309 e. The summed E-state index contributed by atoms with van der Waals surface area (Å²) < 4.78 is 17.4. The fraction of sp³-hybridized carbons (Fsp3) is 0.621. The maximum atomic E-state index is 13.6. The third-order valence-corrected chi connectivity index (χ3v) is 7.92. The highest BCUT2D eigenvalue weighted by Crippen LogP contribution is 2.34. The third kappa shape index (κ3) is 7.95. The number of carbonyl (C=O) groups excluding carboxylic acids is 2. The molecular weight excluding hydrogens is 474 g/mol. The number of carbonyl (C=O) groups is 2. The predicted molar refractivity (Wildman–Crippen MR) is 146 cm³/mol. The number of aromatic nitrogens is 1. The predicted octanol–water partition coefficient (Wildman–Crippen LogP) is 6.35. The number of thiazole rings is 1. The molecule has 1 aliphatic rings. The van der Waals surface area contributed by atoms with Gasteiger partial charge < -0.3 is 14.2 Å². The van der Waals surface area contributed by atoms with E-state index in [9.17, 15) is 9.59 Å². The Morgan fingerprint density at radius 3 is 2.47 bits per heavy atom. The van der Waals surface area contributed by atoms with Gasteiger partial charge in [0.25, 0.3) is 0 Å². The van der Waals surface area contributed by atoms with Crippen LogP contribution in [0.25, 0.3) is 6.08 Å². The van der Waals surface area contributed by atoms with Crippen LogP contribution in [-0.4, -0.2) is 49.3 Å². The van der Waals surface area contributed by atoms with Crippen molar-refractivity contribution in [3.05, 3.63) is 45.5 Å². The molecule has 1 aromatic heterocycles. The molecule has 1 aromatic rings. The minimum atomic E-state index is -0.903. The fourth-order valence-corrected chi connectivity index (χ4v) is 5.40. The molecule has 1 unspecified atom stereocenters. The largest absolute Gasteiger partial charge is 0.457 e. The number of rotatable bonds is 4. The van der Waals surface area contributed by atoms with E-state index in [0.29, 0.717) is 6.42 Å². The van der Waals surface area contributed by atoms with Gasteiger partial charge in [0.2, 0.25) is 0 Å². The molecule has 0 fully saturated rings. The van der Waals surface area contributed by atoms with Crippen LogP contribution in [0.15, 0.2) is 34.8 Å². The quantitative estimate of drug-likeness (QED) is 0.342. The van der Waals surface area contributed by atoms with Crippen LogP contribution in [0.1, 0.15) is 71.5 Å². The zero-order chi connectivity index (χ0) is 27.0. The van der Waals surface area contributed by atoms with Crippen molar-refractivity contribution in [2.45, 2.75) is 86.0 Å². The average molecular weight is 518 g/mol. The maximum absolute atomic E-state index is 13.6. The first-order chi connectivity index (χ1) is 16.9. The SMILES string of the molecule is COC1CC(=O)O[C@H](C(C)=Cc2csc(C)n2)CC=C(C)CC=C[C@H](C)[C@H](OC)[C@@H](C)C(=O)C1(C)C. The number of allylic oxidation sites excluding steroid dienone is 2. The second kappa shape index (κ2) is 13.5. The molecule has 7 heteroatoms. The van der Waals surface area contributed by atoms with Crippen LogP contribution in [0.3, 0.4) is 0 Å². The molecule has 36 heavy (non-hydrogen) atoms. The lowest BCUT2D eigenvalue weighted by molar-refractivity contribution is -0.156. The Morgan fingerprint density at radius 1 is 1.19 bits per heavy atom. The van der Waals surface area contributed by atoms with Gasteiger partial charge in [-0.15, -0.1) is 11.3 Å². The van der Waals surface area contributed by atoms with Crippen molar-refractivity contribution in [1.82, 2.24) is 4.98 Å². The van der Waals surface area contributed by atoms with Gasteiger partial charge in [-0.05, 0) is 38.8 Å². The molecule has 0 N–H and O–H groups in total. The Labute approximate surface area is 220 Å². The molecule has 0 bridgehead atoms. The van der Waals surface area contributed by atoms with Crippen LogP contribution in [-0.2, 0) is 23.8 Å². The molecule has 0 spiro atoms. The highest BCUT2D eigenvalue weighted by molar-refractivity contribution is 7.09. The van der Waals surface area contributed by atoms with E-state index in [1.54, 1.807) is 18.4 Å². The molecule has 0 aliphatic carbocycles. The molecule has 0 amide bonds. The Bertz CT molecular complexity index is 990. The van der Waals surface area contributed by atoms with Gasteiger partial charge >= 0.3 is 5.97 Å². The Kier molecular flexibility index (Phi) is 11.3. The lowest BCUT2D eigenvalue weighted by Gasteiger charge is -2.36. The Morgan fingerprint density at radius 2 is 1.89 bits per heavy atom. The summed E-state index contributed by atoms with van der Waals surface area (Å²) in [7, 11) is 3.18. The number of methoxy groups -OCH3 is 2. The Hall–Kier alpha value is -2.09. The highest BCUT2D eigenvalue weighted by Gasteiger charge is 2.43. The van der Waals surface area contributed by atoms with Crippen molar-refractivity contribution in [2.24, 2.45) is 17.3 Å². The lowest BCUT2D eigenvalue weighted by Crippen LogP contribution is -2.46. The molecule has 0 radical (unpaired) electrons. The topological polar surface area (TPSA) is 74.7 Å². The van der Waals surface area contributed by atoms with Crippen molar-refractivity contribution < 1.29 is 23.8 Å². The van der Waals surface area contributed by atoms with Gasteiger partial charge in [-0.2, -0.15) is 0 Å². The summed E-state index contributed by atoms with van der Waals surface area (Å²) in [5.74, 6) is -0.709. The summed E-state index contributed by atoms with van der Waals surface area (Å²) in [5.41, 5.74) is 2.06. The van der Waals surface area contributed by atoms with Crippen molar-refractivity contribution in [2.75, 3.05) is 14.2 Å². The molecule has 2 rings (SSSR count). The molecule has 1 aliphatic heterocycles. The maximum Gasteiger partial charge on any atom is 0.309 e. The molecule has 6 nitrogen and oxygen atoms in total. The van der Waals surface area contributed by atoms with E-state index in [0.717, 1.165) is 22.7 Å². The summed E-state index contributed by atoms with van der Waals surface area (Å²) in [6.07, 6.45) is 8.32. The van der Waals surface area contributed by atoms with Crippen LogP contribution in [0, 0.1) is 24.2 Å². The van der Waals surface area contributed by atoms with Gasteiger partial charge in [-0.3, -0.25) is 9.59 Å². The number of Topliss-reactive ketones (excluding diaryl/α,β-unsaturated/α-hetero) is 1. The number of hydrogen-bond acceptors (Lipinski definition) is 7. The number of hydrogen-bond donors (Lipinski definition) is 0. The van der Waals surface area contributed by atoms with E-state index in [2.05, 4.69) is 37.1 Å². The first-order valence-corrected chi connectivity index (χ1v) is 13.5. The van der Waals surface area contributed by atoms with Crippen LogP contribution in [0.2, 0.25) is 0 Å². The number of nitrogens with zero attached hydrogens (tertiary/aromatic N) is 1. The number of cyclic esters (lactones) is 1. The van der Waals surface area contributed by atoms with E-state index < -0.39 is 23.6 Å². The molecule has 0 saturated heterocycles. The van der Waals surface area contributed by atoms with E-state index in [-0.39, 0.29) is 30.1 Å². The number of ether oxygens (including phenoxy) is 3. The van der Waals surface area contributed by atoms with E-state index in [1.807, 2.05) is 46.1 Å². The monoisotopic (exact) mass is 517 g/mol. The first-order valence-electron chi connectivity index (χ1n) is 12.6. The van der Waals surface area contributed by atoms with Crippen LogP contribution < -0.4 is 0 Å². The van der Waals surface area contributed by atoms with E-state index >= 15 is 0 Å². The van der Waals surface area contributed by atoms with Crippen molar-refractivity contribution in [3.8, 4) is 0 Å². The number of esters is 1. The van der Waals surface area contributed by atoms with Crippen molar-refractivity contribution in [3.63, 3.8) is 0 Å². The van der Waals surface area contributed by atoms with Crippen LogP contribution in [0.5, 0.6) is 0 Å². The number of aryl methyl sites for hydroxylation is 1.